The van der Waals surface area contributed by atoms with Crippen molar-refractivity contribution < 1.29 is 4.74 Å². The van der Waals surface area contributed by atoms with E-state index in [1.165, 1.54) is 11.1 Å². The summed E-state index contributed by atoms with van der Waals surface area (Å²) in [5.41, 5.74) is 3.42. The maximum Gasteiger partial charge on any atom is 0.120 e. The van der Waals surface area contributed by atoms with Crippen LogP contribution in [0.2, 0.25) is 0 Å². The zero-order chi connectivity index (χ0) is 14.5. The van der Waals surface area contributed by atoms with Crippen molar-refractivity contribution in [3.8, 4) is 5.75 Å². The average Bonchev–Trinajstić information content (AvgIpc) is 2.41. The molecule has 106 valence electrons. The highest BCUT2D eigenvalue weighted by molar-refractivity contribution is 5.38. The van der Waals surface area contributed by atoms with Crippen LogP contribution in [0.5, 0.6) is 5.75 Å². The van der Waals surface area contributed by atoms with Crippen LogP contribution < -0.4 is 10.1 Å². The van der Waals surface area contributed by atoms with Crippen molar-refractivity contribution in [3.63, 3.8) is 0 Å². The largest absolute Gasteiger partial charge is 0.491 e. The normalized spacial score (nSPS) is 12.4. The first-order valence-corrected chi connectivity index (χ1v) is 6.97. The second-order valence-corrected chi connectivity index (χ2v) is 5.14. The fourth-order valence-electron chi connectivity index (χ4n) is 2.34. The van der Waals surface area contributed by atoms with Gasteiger partial charge in [0.1, 0.15) is 5.75 Å². The summed E-state index contributed by atoms with van der Waals surface area (Å²) in [6.07, 6.45) is 2.00. The van der Waals surface area contributed by atoms with Crippen molar-refractivity contribution in [1.29, 1.82) is 0 Å². The summed E-state index contributed by atoms with van der Waals surface area (Å²) in [7, 11) is 1.97. The molecule has 1 atom stereocenters. The number of hydrogen-bond donors (Lipinski definition) is 1. The molecule has 0 fully saturated rings. The number of benzene rings is 1. The molecule has 0 aliphatic heterocycles. The summed E-state index contributed by atoms with van der Waals surface area (Å²) in [6.45, 7) is 6.11. The number of hydrogen-bond acceptors (Lipinski definition) is 3. The van der Waals surface area contributed by atoms with E-state index in [2.05, 4.69) is 28.5 Å². The molecule has 0 saturated heterocycles. The van der Waals surface area contributed by atoms with Gasteiger partial charge in [-0.2, -0.15) is 0 Å². The molecule has 2 rings (SSSR count). The Labute approximate surface area is 121 Å². The minimum atomic E-state index is 0.124. The van der Waals surface area contributed by atoms with Gasteiger partial charge in [0, 0.05) is 11.9 Å². The predicted molar refractivity (Wildman–Crippen MR) is 82.1 cm³/mol. The standard InChI is InChI=1S/C17H22N2O/c1-12(2)20-15-8-5-7-14(11-15)17(18-4)16-9-6-10-19-13(16)3/h5-12,17-18H,1-4H3. The van der Waals surface area contributed by atoms with Gasteiger partial charge in [-0.1, -0.05) is 18.2 Å². The summed E-state index contributed by atoms with van der Waals surface area (Å²) in [5, 5.41) is 3.36. The number of aromatic nitrogens is 1. The first-order valence-electron chi connectivity index (χ1n) is 6.97. The summed E-state index contributed by atoms with van der Waals surface area (Å²) in [5.74, 6) is 0.902. The number of pyridine rings is 1. The van der Waals surface area contributed by atoms with Gasteiger partial charge in [0.25, 0.3) is 0 Å². The third kappa shape index (κ3) is 3.36. The molecule has 1 heterocycles. The predicted octanol–water partition coefficient (Wildman–Crippen LogP) is 3.49. The molecule has 20 heavy (non-hydrogen) atoms. The first-order chi connectivity index (χ1) is 9.61. The summed E-state index contributed by atoms with van der Waals surface area (Å²) in [4.78, 5) is 4.37. The van der Waals surface area contributed by atoms with Gasteiger partial charge in [-0.25, -0.2) is 0 Å². The van der Waals surface area contributed by atoms with Gasteiger partial charge < -0.3 is 10.1 Å². The van der Waals surface area contributed by atoms with Crippen LogP contribution in [0, 0.1) is 6.92 Å². The zero-order valence-electron chi connectivity index (χ0n) is 12.6. The average molecular weight is 270 g/mol. The third-order valence-corrected chi connectivity index (χ3v) is 3.21. The Bertz CT molecular complexity index is 566. The van der Waals surface area contributed by atoms with E-state index in [1.54, 1.807) is 0 Å². The molecule has 3 heteroatoms. The lowest BCUT2D eigenvalue weighted by atomic mass is 9.97. The molecule has 1 aromatic heterocycles. The lowest BCUT2D eigenvalue weighted by molar-refractivity contribution is 0.242. The van der Waals surface area contributed by atoms with E-state index in [0.717, 1.165) is 11.4 Å². The lowest BCUT2D eigenvalue weighted by Gasteiger charge is -2.20. The van der Waals surface area contributed by atoms with Crippen molar-refractivity contribution in [1.82, 2.24) is 10.3 Å². The summed E-state index contributed by atoms with van der Waals surface area (Å²) < 4.78 is 5.77. The van der Waals surface area contributed by atoms with Gasteiger partial charge >= 0.3 is 0 Å². The van der Waals surface area contributed by atoms with Crippen molar-refractivity contribution >= 4 is 0 Å². The fraction of sp³-hybridized carbons (Fsp3) is 0.353. The van der Waals surface area contributed by atoms with Crippen molar-refractivity contribution in [2.24, 2.45) is 0 Å². The van der Waals surface area contributed by atoms with E-state index in [-0.39, 0.29) is 12.1 Å². The van der Waals surface area contributed by atoms with Crippen LogP contribution in [0.4, 0.5) is 0 Å². The molecule has 0 bridgehead atoms. The van der Waals surface area contributed by atoms with Crippen LogP contribution in [0.1, 0.15) is 36.7 Å². The third-order valence-electron chi connectivity index (χ3n) is 3.21. The number of nitrogens with one attached hydrogen (secondary N) is 1. The fourth-order valence-corrected chi connectivity index (χ4v) is 2.34. The summed E-state index contributed by atoms with van der Waals surface area (Å²) in [6, 6.07) is 12.4. The van der Waals surface area contributed by atoms with E-state index in [1.807, 2.05) is 52.2 Å². The van der Waals surface area contributed by atoms with Crippen molar-refractivity contribution in [2.75, 3.05) is 7.05 Å². The SMILES string of the molecule is CNC(c1cccc(OC(C)C)c1)c1cccnc1C. The molecule has 1 N–H and O–H groups in total. The number of rotatable bonds is 5. The summed E-state index contributed by atoms with van der Waals surface area (Å²) >= 11 is 0. The highest BCUT2D eigenvalue weighted by atomic mass is 16.5. The Morgan fingerprint density at radius 3 is 2.60 bits per heavy atom. The smallest absolute Gasteiger partial charge is 0.120 e. The number of ether oxygens (including phenoxy) is 1. The molecule has 0 amide bonds. The molecule has 2 aromatic rings. The molecule has 0 aliphatic rings. The molecule has 0 spiro atoms. The topological polar surface area (TPSA) is 34.1 Å². The van der Waals surface area contributed by atoms with E-state index >= 15 is 0 Å². The van der Waals surface area contributed by atoms with Gasteiger partial charge in [-0.15, -0.1) is 0 Å². The second kappa shape index (κ2) is 6.53. The molecule has 0 aliphatic carbocycles. The molecular weight excluding hydrogens is 248 g/mol. The Hall–Kier alpha value is -1.87. The molecule has 1 unspecified atom stereocenters. The molecule has 0 radical (unpaired) electrons. The first kappa shape index (κ1) is 14.5. The molecular formula is C17H22N2O. The minimum absolute atomic E-state index is 0.124. The van der Waals surface area contributed by atoms with Crippen LogP contribution in [-0.4, -0.2) is 18.1 Å². The van der Waals surface area contributed by atoms with Crippen molar-refractivity contribution in [3.05, 3.63) is 59.4 Å². The van der Waals surface area contributed by atoms with Crippen molar-refractivity contribution in [2.45, 2.75) is 32.9 Å². The highest BCUT2D eigenvalue weighted by Gasteiger charge is 2.15. The van der Waals surface area contributed by atoms with Gasteiger partial charge in [-0.3, -0.25) is 4.98 Å². The van der Waals surface area contributed by atoms with Gasteiger partial charge in [0.05, 0.1) is 12.1 Å². The Morgan fingerprint density at radius 2 is 1.95 bits per heavy atom. The van der Waals surface area contributed by atoms with E-state index < -0.39 is 0 Å². The van der Waals surface area contributed by atoms with Crippen LogP contribution in [0.3, 0.4) is 0 Å². The zero-order valence-corrected chi connectivity index (χ0v) is 12.6. The number of nitrogens with zero attached hydrogens (tertiary/aromatic N) is 1. The monoisotopic (exact) mass is 270 g/mol. The lowest BCUT2D eigenvalue weighted by Crippen LogP contribution is -2.19. The van der Waals surface area contributed by atoms with E-state index in [4.69, 9.17) is 4.74 Å². The quantitative estimate of drug-likeness (QED) is 0.903. The molecule has 0 saturated carbocycles. The molecule has 1 aromatic carbocycles. The Balaban J connectivity index is 2.35. The second-order valence-electron chi connectivity index (χ2n) is 5.14. The van der Waals surface area contributed by atoms with E-state index in [9.17, 15) is 0 Å². The number of aryl methyl sites for hydroxylation is 1. The van der Waals surface area contributed by atoms with Crippen LogP contribution >= 0.6 is 0 Å². The highest BCUT2D eigenvalue weighted by Crippen LogP contribution is 2.26. The van der Waals surface area contributed by atoms with Gasteiger partial charge in [0.2, 0.25) is 0 Å². The van der Waals surface area contributed by atoms with Crippen LogP contribution in [0.15, 0.2) is 42.6 Å². The maximum atomic E-state index is 5.77. The Morgan fingerprint density at radius 1 is 1.15 bits per heavy atom. The molecule has 3 nitrogen and oxygen atoms in total. The van der Waals surface area contributed by atoms with E-state index in [0.29, 0.717) is 0 Å². The maximum absolute atomic E-state index is 5.77. The Kier molecular flexibility index (Phi) is 4.74. The van der Waals surface area contributed by atoms with Crippen LogP contribution in [-0.2, 0) is 0 Å². The van der Waals surface area contributed by atoms with Gasteiger partial charge in [0.15, 0.2) is 0 Å². The van der Waals surface area contributed by atoms with Gasteiger partial charge in [-0.05, 0) is 57.1 Å². The van der Waals surface area contributed by atoms with Crippen LogP contribution in [0.25, 0.3) is 0 Å². The minimum Gasteiger partial charge on any atom is -0.491 e.